The molecular formula is C36H32O4. The number of rotatable bonds is 10. The molecule has 40 heavy (non-hydrogen) atoms. The molecule has 0 saturated carbocycles. The van der Waals surface area contributed by atoms with Gasteiger partial charge in [0.15, 0.2) is 11.5 Å². The Morgan fingerprint density at radius 3 is 1.75 bits per heavy atom. The molecule has 6 rings (SSSR count). The Kier molecular flexibility index (Phi) is 7.78. The first-order valence-corrected chi connectivity index (χ1v) is 13.7. The van der Waals surface area contributed by atoms with Gasteiger partial charge < -0.3 is 18.9 Å². The molecule has 200 valence electrons. The molecular weight excluding hydrogens is 496 g/mol. The molecule has 0 aromatic heterocycles. The summed E-state index contributed by atoms with van der Waals surface area (Å²) in [5.41, 5.74) is 5.35. The zero-order valence-electron chi connectivity index (χ0n) is 22.4. The normalized spacial score (nSPS) is 16.0. The summed E-state index contributed by atoms with van der Waals surface area (Å²) in [5, 5.41) is 0. The number of hydrogen-bond donors (Lipinski definition) is 0. The standard InChI is InChI=1S/C36H32O4/c1-4-12-28(13-5-1)25-37-34-21-20-32(24-35(34)38-26-29-14-6-2-7-15-29)36(39-27-30-16-8-3-9-17-30)23-22-31-18-10-11-19-33(31)40-36/h1-21,24H,22-23,25-27H2. The number of ether oxygens (including phenoxy) is 4. The summed E-state index contributed by atoms with van der Waals surface area (Å²) in [4.78, 5) is 0. The minimum absolute atomic E-state index is 0.424. The number of fused-ring (bicyclic) bond motifs is 1. The van der Waals surface area contributed by atoms with Crippen LogP contribution in [0.4, 0.5) is 0 Å². The first kappa shape index (κ1) is 25.7. The lowest BCUT2D eigenvalue weighted by atomic mass is 9.93. The molecule has 1 aliphatic rings. The van der Waals surface area contributed by atoms with Crippen LogP contribution in [0.1, 0.15) is 34.2 Å². The van der Waals surface area contributed by atoms with Crippen LogP contribution in [0.25, 0.3) is 0 Å². The Morgan fingerprint density at radius 1 is 0.550 bits per heavy atom. The maximum atomic E-state index is 6.70. The van der Waals surface area contributed by atoms with Crippen molar-refractivity contribution in [3.63, 3.8) is 0 Å². The van der Waals surface area contributed by atoms with Crippen LogP contribution in [0, 0.1) is 0 Å². The molecule has 1 atom stereocenters. The maximum absolute atomic E-state index is 6.70. The van der Waals surface area contributed by atoms with E-state index in [1.54, 1.807) is 0 Å². The van der Waals surface area contributed by atoms with Crippen molar-refractivity contribution in [1.82, 2.24) is 0 Å². The highest BCUT2D eigenvalue weighted by Gasteiger charge is 2.40. The van der Waals surface area contributed by atoms with Crippen molar-refractivity contribution in [1.29, 1.82) is 0 Å². The highest BCUT2D eigenvalue weighted by Crippen LogP contribution is 2.43. The van der Waals surface area contributed by atoms with Crippen LogP contribution < -0.4 is 14.2 Å². The Labute approximate surface area is 235 Å². The zero-order chi connectivity index (χ0) is 27.0. The predicted octanol–water partition coefficient (Wildman–Crippen LogP) is 8.24. The van der Waals surface area contributed by atoms with E-state index in [1.807, 2.05) is 84.9 Å². The lowest BCUT2D eigenvalue weighted by Crippen LogP contribution is -2.39. The van der Waals surface area contributed by atoms with Gasteiger partial charge in [0.1, 0.15) is 19.0 Å². The molecule has 0 amide bonds. The van der Waals surface area contributed by atoms with Crippen molar-refractivity contribution in [3.8, 4) is 17.2 Å². The van der Waals surface area contributed by atoms with Crippen molar-refractivity contribution in [2.24, 2.45) is 0 Å². The summed E-state index contributed by atoms with van der Waals surface area (Å²) in [6, 6.07) is 44.7. The van der Waals surface area contributed by atoms with E-state index in [-0.39, 0.29) is 0 Å². The summed E-state index contributed by atoms with van der Waals surface area (Å²) >= 11 is 0. The van der Waals surface area contributed by atoms with Gasteiger partial charge in [0, 0.05) is 12.0 Å². The fourth-order valence-corrected chi connectivity index (χ4v) is 4.95. The van der Waals surface area contributed by atoms with Gasteiger partial charge in [-0.3, -0.25) is 0 Å². The second kappa shape index (κ2) is 12.1. The van der Waals surface area contributed by atoms with Gasteiger partial charge in [0.2, 0.25) is 5.79 Å². The van der Waals surface area contributed by atoms with Gasteiger partial charge in [0.05, 0.1) is 6.61 Å². The topological polar surface area (TPSA) is 36.9 Å². The molecule has 5 aromatic rings. The summed E-state index contributed by atoms with van der Waals surface area (Å²) in [6.07, 6.45) is 1.52. The lowest BCUT2D eigenvalue weighted by Gasteiger charge is -2.39. The minimum Gasteiger partial charge on any atom is -0.485 e. The van der Waals surface area contributed by atoms with Gasteiger partial charge in [-0.2, -0.15) is 0 Å². The van der Waals surface area contributed by atoms with E-state index in [1.165, 1.54) is 5.56 Å². The van der Waals surface area contributed by atoms with Gasteiger partial charge >= 0.3 is 0 Å². The predicted molar refractivity (Wildman–Crippen MR) is 156 cm³/mol. The van der Waals surface area contributed by atoms with E-state index < -0.39 is 5.79 Å². The van der Waals surface area contributed by atoms with Crippen LogP contribution >= 0.6 is 0 Å². The second-order valence-electron chi connectivity index (χ2n) is 9.95. The van der Waals surface area contributed by atoms with Crippen molar-refractivity contribution < 1.29 is 18.9 Å². The van der Waals surface area contributed by atoms with Crippen molar-refractivity contribution in [2.75, 3.05) is 0 Å². The molecule has 4 heteroatoms. The van der Waals surface area contributed by atoms with Crippen molar-refractivity contribution >= 4 is 0 Å². The van der Waals surface area contributed by atoms with Crippen molar-refractivity contribution in [3.05, 3.63) is 161 Å². The molecule has 0 aliphatic carbocycles. The van der Waals surface area contributed by atoms with Crippen molar-refractivity contribution in [2.45, 2.75) is 38.4 Å². The lowest BCUT2D eigenvalue weighted by molar-refractivity contribution is -0.210. The summed E-state index contributed by atoms with van der Waals surface area (Å²) in [5.74, 6) is 1.21. The van der Waals surface area contributed by atoms with Gasteiger partial charge in [-0.25, -0.2) is 0 Å². The number of para-hydroxylation sites is 1. The van der Waals surface area contributed by atoms with Gasteiger partial charge in [-0.1, -0.05) is 109 Å². The molecule has 4 nitrogen and oxygen atoms in total. The Balaban J connectivity index is 1.33. The molecule has 0 N–H and O–H groups in total. The molecule has 0 fully saturated rings. The molecule has 0 bridgehead atoms. The molecule has 1 aliphatic heterocycles. The third-order valence-electron chi connectivity index (χ3n) is 7.14. The Hall–Kier alpha value is -4.54. The summed E-state index contributed by atoms with van der Waals surface area (Å²) in [7, 11) is 0. The Bertz CT molecular complexity index is 1520. The Morgan fingerprint density at radius 2 is 1.10 bits per heavy atom. The SMILES string of the molecule is c1ccc(COc2ccc(C3(OCc4ccccc4)CCc4ccccc4O3)cc2OCc2ccccc2)cc1. The van der Waals surface area contributed by atoms with E-state index in [0.29, 0.717) is 37.7 Å². The first-order chi connectivity index (χ1) is 19.8. The monoisotopic (exact) mass is 528 g/mol. The fraction of sp³-hybridized carbons (Fsp3) is 0.167. The van der Waals surface area contributed by atoms with E-state index in [9.17, 15) is 0 Å². The van der Waals surface area contributed by atoms with E-state index in [0.717, 1.165) is 34.4 Å². The fourth-order valence-electron chi connectivity index (χ4n) is 4.95. The van der Waals surface area contributed by atoms with E-state index in [4.69, 9.17) is 18.9 Å². The van der Waals surface area contributed by atoms with E-state index >= 15 is 0 Å². The highest BCUT2D eigenvalue weighted by atomic mass is 16.7. The number of aryl methyl sites for hydroxylation is 1. The smallest absolute Gasteiger partial charge is 0.238 e. The first-order valence-electron chi connectivity index (χ1n) is 13.7. The third-order valence-corrected chi connectivity index (χ3v) is 7.14. The number of hydrogen-bond acceptors (Lipinski definition) is 4. The van der Waals surface area contributed by atoms with Crippen LogP contribution in [0.5, 0.6) is 17.2 Å². The molecule has 0 saturated heterocycles. The summed E-state index contributed by atoms with van der Waals surface area (Å²) in [6.45, 7) is 1.30. The van der Waals surface area contributed by atoms with Gasteiger partial charge in [-0.15, -0.1) is 0 Å². The van der Waals surface area contributed by atoms with E-state index in [2.05, 4.69) is 48.5 Å². The third kappa shape index (κ3) is 6.03. The quantitative estimate of drug-likeness (QED) is 0.183. The number of benzene rings is 5. The summed E-state index contributed by atoms with van der Waals surface area (Å²) < 4.78 is 26.0. The maximum Gasteiger partial charge on any atom is 0.238 e. The molecule has 0 spiro atoms. The molecule has 1 heterocycles. The van der Waals surface area contributed by atoms with Crippen LogP contribution in [0.15, 0.2) is 133 Å². The largest absolute Gasteiger partial charge is 0.485 e. The molecule has 1 unspecified atom stereocenters. The van der Waals surface area contributed by atoms with Crippen LogP contribution in [0.2, 0.25) is 0 Å². The van der Waals surface area contributed by atoms with Gasteiger partial charge in [-0.05, 0) is 52.9 Å². The highest BCUT2D eigenvalue weighted by molar-refractivity contribution is 5.46. The molecule has 5 aromatic carbocycles. The van der Waals surface area contributed by atoms with Gasteiger partial charge in [0.25, 0.3) is 0 Å². The second-order valence-corrected chi connectivity index (χ2v) is 9.95. The van der Waals surface area contributed by atoms with Crippen LogP contribution in [-0.2, 0) is 36.8 Å². The average Bonchev–Trinajstić information content (AvgIpc) is 3.03. The van der Waals surface area contributed by atoms with Crippen LogP contribution in [-0.4, -0.2) is 0 Å². The average molecular weight is 529 g/mol. The minimum atomic E-state index is -0.965. The van der Waals surface area contributed by atoms with Crippen LogP contribution in [0.3, 0.4) is 0 Å². The zero-order valence-corrected chi connectivity index (χ0v) is 22.4. The molecule has 0 radical (unpaired) electrons.